The van der Waals surface area contributed by atoms with E-state index < -0.39 is 0 Å². The van der Waals surface area contributed by atoms with Gasteiger partial charge in [0.25, 0.3) is 0 Å². The van der Waals surface area contributed by atoms with E-state index in [0.29, 0.717) is 5.02 Å². The summed E-state index contributed by atoms with van der Waals surface area (Å²) in [7, 11) is 0. The van der Waals surface area contributed by atoms with Crippen molar-refractivity contribution < 1.29 is 0 Å². The number of rotatable bonds is 2. The van der Waals surface area contributed by atoms with Crippen molar-refractivity contribution in [3.8, 4) is 0 Å². The normalized spacial score (nSPS) is 10.9. The van der Waals surface area contributed by atoms with Crippen molar-refractivity contribution >= 4 is 78.2 Å². The summed E-state index contributed by atoms with van der Waals surface area (Å²) in [4.78, 5) is 4.49. The lowest BCUT2D eigenvalue weighted by molar-refractivity contribution is 1.44. The predicted octanol–water partition coefficient (Wildman–Crippen LogP) is 5.95. The van der Waals surface area contributed by atoms with Crippen LogP contribution < -0.4 is 5.32 Å². The zero-order valence-corrected chi connectivity index (χ0v) is 13.9. The molecule has 0 bridgehead atoms. The Morgan fingerprint density at radius 2 is 1.95 bits per heavy atom. The molecule has 0 fully saturated rings. The number of aromatic nitrogens is 1. The molecule has 96 valence electrons. The molecule has 0 saturated carbocycles. The fourth-order valence-electron chi connectivity index (χ4n) is 1.67. The molecule has 0 unspecified atom stereocenters. The van der Waals surface area contributed by atoms with Gasteiger partial charge in [0, 0.05) is 3.57 Å². The monoisotopic (exact) mass is 420 g/mol. The predicted molar refractivity (Wildman–Crippen MR) is 92.1 cm³/mol. The molecule has 0 aliphatic heterocycles. The first-order valence-electron chi connectivity index (χ1n) is 5.40. The van der Waals surface area contributed by atoms with E-state index in [1.807, 2.05) is 36.4 Å². The summed E-state index contributed by atoms with van der Waals surface area (Å²) in [5.41, 5.74) is 1.74. The van der Waals surface area contributed by atoms with Gasteiger partial charge in [-0.05, 0) is 52.9 Å². The second kappa shape index (κ2) is 5.44. The summed E-state index contributed by atoms with van der Waals surface area (Å²) < 4.78 is 2.08. The van der Waals surface area contributed by atoms with Crippen molar-refractivity contribution in [2.45, 2.75) is 0 Å². The highest BCUT2D eigenvalue weighted by atomic mass is 127. The molecule has 1 heterocycles. The topological polar surface area (TPSA) is 24.9 Å². The van der Waals surface area contributed by atoms with E-state index in [9.17, 15) is 0 Å². The van der Waals surface area contributed by atoms with Crippen LogP contribution in [0.25, 0.3) is 10.2 Å². The number of hydrogen-bond donors (Lipinski definition) is 1. The maximum Gasteiger partial charge on any atom is 0.188 e. The van der Waals surface area contributed by atoms with Crippen LogP contribution in [0.3, 0.4) is 0 Å². The van der Waals surface area contributed by atoms with Gasteiger partial charge < -0.3 is 5.32 Å². The number of thiazole rings is 1. The summed E-state index contributed by atoms with van der Waals surface area (Å²) in [6.45, 7) is 0. The molecule has 0 spiro atoms. The van der Waals surface area contributed by atoms with Crippen LogP contribution in [0.5, 0.6) is 0 Å². The molecule has 0 atom stereocenters. The largest absolute Gasteiger partial charge is 0.330 e. The zero-order chi connectivity index (χ0) is 13.4. The van der Waals surface area contributed by atoms with Gasteiger partial charge in [-0.1, -0.05) is 40.6 Å². The van der Waals surface area contributed by atoms with Gasteiger partial charge in [0.15, 0.2) is 5.13 Å². The Morgan fingerprint density at radius 3 is 2.68 bits per heavy atom. The van der Waals surface area contributed by atoms with Gasteiger partial charge in [0.1, 0.15) is 0 Å². The Hall–Kier alpha value is -0.560. The van der Waals surface area contributed by atoms with Crippen molar-refractivity contribution in [1.82, 2.24) is 4.98 Å². The summed E-state index contributed by atoms with van der Waals surface area (Å²) in [5.74, 6) is 0. The van der Waals surface area contributed by atoms with E-state index in [2.05, 4.69) is 32.9 Å². The Morgan fingerprint density at radius 1 is 1.11 bits per heavy atom. The lowest BCUT2D eigenvalue weighted by Gasteiger charge is -2.04. The molecule has 0 aliphatic rings. The molecular weight excluding hydrogens is 414 g/mol. The van der Waals surface area contributed by atoms with Crippen LogP contribution in [0, 0.1) is 3.57 Å². The second-order valence-corrected chi connectivity index (χ2v) is 6.92. The Bertz CT molecular complexity index is 757. The molecule has 3 aromatic rings. The number of halogens is 3. The van der Waals surface area contributed by atoms with Gasteiger partial charge in [-0.15, -0.1) is 0 Å². The van der Waals surface area contributed by atoms with Crippen LogP contribution in [0.15, 0.2) is 36.4 Å². The molecule has 1 aromatic heterocycles. The quantitative estimate of drug-likeness (QED) is 0.518. The summed E-state index contributed by atoms with van der Waals surface area (Å²) in [6.07, 6.45) is 0. The van der Waals surface area contributed by atoms with Gasteiger partial charge in [0.2, 0.25) is 0 Å². The highest BCUT2D eigenvalue weighted by Gasteiger charge is 2.08. The van der Waals surface area contributed by atoms with E-state index in [4.69, 9.17) is 23.2 Å². The van der Waals surface area contributed by atoms with Crippen molar-refractivity contribution in [2.75, 3.05) is 5.32 Å². The van der Waals surface area contributed by atoms with Crippen LogP contribution in [0.2, 0.25) is 10.0 Å². The minimum Gasteiger partial charge on any atom is -0.330 e. The van der Waals surface area contributed by atoms with Crippen molar-refractivity contribution in [1.29, 1.82) is 0 Å². The lowest BCUT2D eigenvalue weighted by Crippen LogP contribution is -1.90. The average Bonchev–Trinajstić information content (AvgIpc) is 2.77. The standard InChI is InChI=1S/C13H7Cl2IN2S/c14-8-2-1-3-11-12(8)19-13(18-11)17-10-5-4-7(16)6-9(10)15/h1-6H,(H,17,18). The van der Waals surface area contributed by atoms with Crippen LogP contribution in [-0.2, 0) is 0 Å². The molecule has 0 aliphatic carbocycles. The van der Waals surface area contributed by atoms with Crippen molar-refractivity contribution in [3.63, 3.8) is 0 Å². The van der Waals surface area contributed by atoms with Crippen LogP contribution in [0.1, 0.15) is 0 Å². The molecule has 0 amide bonds. The number of fused-ring (bicyclic) bond motifs is 1. The molecule has 2 nitrogen and oxygen atoms in total. The molecule has 3 rings (SSSR count). The number of nitrogens with zero attached hydrogens (tertiary/aromatic N) is 1. The summed E-state index contributed by atoms with van der Waals surface area (Å²) >= 11 is 16.1. The number of nitrogens with one attached hydrogen (secondary N) is 1. The van der Waals surface area contributed by atoms with E-state index in [1.54, 1.807) is 0 Å². The Balaban J connectivity index is 1.99. The first-order chi connectivity index (χ1) is 9.13. The maximum absolute atomic E-state index is 6.19. The molecule has 0 saturated heterocycles. The number of benzene rings is 2. The third kappa shape index (κ3) is 2.81. The third-order valence-corrected chi connectivity index (χ3v) is 4.97. The van der Waals surface area contributed by atoms with Crippen LogP contribution in [-0.4, -0.2) is 4.98 Å². The van der Waals surface area contributed by atoms with Crippen molar-refractivity contribution in [2.24, 2.45) is 0 Å². The smallest absolute Gasteiger partial charge is 0.188 e. The zero-order valence-electron chi connectivity index (χ0n) is 9.45. The highest BCUT2D eigenvalue weighted by Crippen LogP contribution is 2.34. The molecular formula is C13H7Cl2IN2S. The highest BCUT2D eigenvalue weighted by molar-refractivity contribution is 14.1. The van der Waals surface area contributed by atoms with Crippen LogP contribution >= 0.6 is 57.1 Å². The molecule has 19 heavy (non-hydrogen) atoms. The fraction of sp³-hybridized carbons (Fsp3) is 0. The minimum atomic E-state index is 0.678. The molecule has 2 aromatic carbocycles. The maximum atomic E-state index is 6.19. The Kier molecular flexibility index (Phi) is 3.84. The molecule has 6 heteroatoms. The first-order valence-corrected chi connectivity index (χ1v) is 8.06. The Labute approximate surface area is 137 Å². The van der Waals surface area contributed by atoms with Gasteiger partial charge >= 0.3 is 0 Å². The summed E-state index contributed by atoms with van der Waals surface area (Å²) in [5, 5.41) is 5.41. The van der Waals surface area contributed by atoms with Gasteiger partial charge in [-0.3, -0.25) is 0 Å². The minimum absolute atomic E-state index is 0.678. The molecule has 1 N–H and O–H groups in total. The number of hydrogen-bond acceptors (Lipinski definition) is 3. The van der Waals surface area contributed by atoms with Gasteiger partial charge in [0.05, 0.1) is 25.9 Å². The van der Waals surface area contributed by atoms with Crippen LogP contribution in [0.4, 0.5) is 10.8 Å². The molecule has 0 radical (unpaired) electrons. The van der Waals surface area contributed by atoms with E-state index in [-0.39, 0.29) is 0 Å². The van der Waals surface area contributed by atoms with Gasteiger partial charge in [-0.25, -0.2) is 4.98 Å². The fourth-order valence-corrected chi connectivity index (χ4v) is 3.75. The SMILES string of the molecule is Clc1cc(I)ccc1Nc1nc2cccc(Cl)c2s1. The van der Waals surface area contributed by atoms with Gasteiger partial charge in [-0.2, -0.15) is 0 Å². The second-order valence-electron chi connectivity index (χ2n) is 3.86. The van der Waals surface area contributed by atoms with E-state index >= 15 is 0 Å². The van der Waals surface area contributed by atoms with Crippen molar-refractivity contribution in [3.05, 3.63) is 50.0 Å². The first kappa shape index (κ1) is 13.4. The third-order valence-electron chi connectivity index (χ3n) is 2.54. The average molecular weight is 421 g/mol. The van der Waals surface area contributed by atoms with E-state index in [1.165, 1.54) is 11.3 Å². The van der Waals surface area contributed by atoms with E-state index in [0.717, 1.165) is 29.6 Å². The lowest BCUT2D eigenvalue weighted by atomic mass is 10.3. The number of anilines is 2. The summed E-state index contributed by atoms with van der Waals surface area (Å²) in [6, 6.07) is 11.5.